The quantitative estimate of drug-likeness (QED) is 0.879. The molecule has 0 unspecified atom stereocenters. The summed E-state index contributed by atoms with van der Waals surface area (Å²) in [5.41, 5.74) is 2.29. The van der Waals surface area contributed by atoms with Crippen molar-refractivity contribution < 1.29 is 4.79 Å². The second-order valence-electron chi connectivity index (χ2n) is 6.54. The summed E-state index contributed by atoms with van der Waals surface area (Å²) in [6.07, 6.45) is 1.73. The van der Waals surface area contributed by atoms with Crippen molar-refractivity contribution in [1.82, 2.24) is 25.3 Å². The van der Waals surface area contributed by atoms with Crippen molar-refractivity contribution in [2.45, 2.75) is 26.1 Å². The summed E-state index contributed by atoms with van der Waals surface area (Å²) >= 11 is 0. The molecule has 3 rings (SSSR count). The Hall–Kier alpha value is -2.34. The van der Waals surface area contributed by atoms with Gasteiger partial charge in [-0.25, -0.2) is 4.79 Å². The first-order valence-electron chi connectivity index (χ1n) is 8.39. The number of urea groups is 1. The molecule has 2 heterocycles. The van der Waals surface area contributed by atoms with Gasteiger partial charge in [-0.3, -0.25) is 9.58 Å². The second-order valence-corrected chi connectivity index (χ2v) is 6.54. The molecule has 0 bridgehead atoms. The summed E-state index contributed by atoms with van der Waals surface area (Å²) in [5, 5.41) is 10.1. The SMILES string of the molecule is C[C@H]1CN(Cc2ccccc2)C[C@H]1NC(=O)NCc1ccnn1C. The van der Waals surface area contributed by atoms with Crippen LogP contribution in [0.1, 0.15) is 18.2 Å². The molecule has 1 aromatic heterocycles. The molecule has 0 radical (unpaired) electrons. The third-order valence-electron chi connectivity index (χ3n) is 4.61. The van der Waals surface area contributed by atoms with Gasteiger partial charge in [0, 0.05) is 38.9 Å². The third-order valence-corrected chi connectivity index (χ3v) is 4.61. The molecule has 0 saturated carbocycles. The van der Waals surface area contributed by atoms with Crippen molar-refractivity contribution in [2.75, 3.05) is 13.1 Å². The minimum Gasteiger partial charge on any atom is -0.334 e. The molecule has 0 spiro atoms. The van der Waals surface area contributed by atoms with E-state index < -0.39 is 0 Å². The number of aryl methyl sites for hydroxylation is 1. The summed E-state index contributed by atoms with van der Waals surface area (Å²) in [6, 6.07) is 12.4. The monoisotopic (exact) mass is 327 g/mol. The second kappa shape index (κ2) is 7.49. The van der Waals surface area contributed by atoms with Crippen molar-refractivity contribution >= 4 is 6.03 Å². The number of aromatic nitrogens is 2. The van der Waals surface area contributed by atoms with Gasteiger partial charge in [-0.05, 0) is 17.5 Å². The van der Waals surface area contributed by atoms with E-state index in [0.29, 0.717) is 12.5 Å². The topological polar surface area (TPSA) is 62.2 Å². The molecule has 1 aliphatic heterocycles. The van der Waals surface area contributed by atoms with Crippen molar-refractivity contribution in [2.24, 2.45) is 13.0 Å². The van der Waals surface area contributed by atoms with Crippen LogP contribution in [0.2, 0.25) is 0 Å². The van der Waals surface area contributed by atoms with Gasteiger partial charge in [0.1, 0.15) is 0 Å². The molecule has 2 amide bonds. The summed E-state index contributed by atoms with van der Waals surface area (Å²) in [4.78, 5) is 14.5. The van der Waals surface area contributed by atoms with E-state index in [2.05, 4.69) is 51.8 Å². The van der Waals surface area contributed by atoms with Gasteiger partial charge in [-0.2, -0.15) is 5.10 Å². The van der Waals surface area contributed by atoms with E-state index in [1.54, 1.807) is 10.9 Å². The molecule has 2 N–H and O–H groups in total. The van der Waals surface area contributed by atoms with Crippen LogP contribution in [0.3, 0.4) is 0 Å². The van der Waals surface area contributed by atoms with Crippen LogP contribution >= 0.6 is 0 Å². The number of carbonyl (C=O) groups excluding carboxylic acids is 1. The lowest BCUT2D eigenvalue weighted by atomic mass is 10.1. The van der Waals surface area contributed by atoms with Crippen LogP contribution in [0, 0.1) is 5.92 Å². The van der Waals surface area contributed by atoms with E-state index in [1.807, 2.05) is 19.2 Å². The fraction of sp³-hybridized carbons (Fsp3) is 0.444. The van der Waals surface area contributed by atoms with Gasteiger partial charge in [-0.15, -0.1) is 0 Å². The van der Waals surface area contributed by atoms with Crippen LogP contribution in [0.5, 0.6) is 0 Å². The zero-order valence-corrected chi connectivity index (χ0v) is 14.3. The number of likely N-dealkylation sites (tertiary alicyclic amines) is 1. The maximum Gasteiger partial charge on any atom is 0.315 e. The number of nitrogens with zero attached hydrogens (tertiary/aromatic N) is 3. The van der Waals surface area contributed by atoms with Crippen LogP contribution in [-0.4, -0.2) is 39.8 Å². The number of amides is 2. The summed E-state index contributed by atoms with van der Waals surface area (Å²) < 4.78 is 1.76. The molecule has 24 heavy (non-hydrogen) atoms. The number of rotatable bonds is 5. The van der Waals surface area contributed by atoms with Crippen LogP contribution in [0.15, 0.2) is 42.6 Å². The highest BCUT2D eigenvalue weighted by atomic mass is 16.2. The Balaban J connectivity index is 1.46. The van der Waals surface area contributed by atoms with E-state index in [-0.39, 0.29) is 12.1 Å². The van der Waals surface area contributed by atoms with Gasteiger partial charge < -0.3 is 10.6 Å². The molecule has 1 aliphatic rings. The predicted octanol–water partition coefficient (Wildman–Crippen LogP) is 1.74. The van der Waals surface area contributed by atoms with Gasteiger partial charge >= 0.3 is 6.03 Å². The number of carbonyl (C=O) groups is 1. The largest absolute Gasteiger partial charge is 0.334 e. The van der Waals surface area contributed by atoms with Gasteiger partial charge in [0.15, 0.2) is 0 Å². The minimum absolute atomic E-state index is 0.116. The van der Waals surface area contributed by atoms with Gasteiger partial charge in [0.25, 0.3) is 0 Å². The van der Waals surface area contributed by atoms with Crippen molar-refractivity contribution in [3.05, 3.63) is 53.9 Å². The Morgan fingerprint density at radius 2 is 2.04 bits per heavy atom. The molecule has 6 nitrogen and oxygen atoms in total. The lowest BCUT2D eigenvalue weighted by Crippen LogP contribution is -2.45. The highest BCUT2D eigenvalue weighted by Crippen LogP contribution is 2.18. The van der Waals surface area contributed by atoms with Crippen LogP contribution in [-0.2, 0) is 20.1 Å². The minimum atomic E-state index is -0.116. The number of hydrogen-bond donors (Lipinski definition) is 2. The molecule has 128 valence electrons. The number of benzene rings is 1. The van der Waals surface area contributed by atoms with Crippen LogP contribution in [0.25, 0.3) is 0 Å². The summed E-state index contributed by atoms with van der Waals surface area (Å²) in [7, 11) is 1.87. The lowest BCUT2D eigenvalue weighted by molar-refractivity contribution is 0.234. The third kappa shape index (κ3) is 4.14. The molecule has 1 saturated heterocycles. The smallest absolute Gasteiger partial charge is 0.315 e. The molecule has 2 atom stereocenters. The first-order chi connectivity index (χ1) is 11.6. The summed E-state index contributed by atoms with van der Waals surface area (Å²) in [5.74, 6) is 0.441. The molecule has 1 aromatic carbocycles. The highest BCUT2D eigenvalue weighted by Gasteiger charge is 2.30. The Bertz CT molecular complexity index is 669. The molecule has 0 aliphatic carbocycles. The Kier molecular flexibility index (Phi) is 5.15. The molecular formula is C18H25N5O. The number of nitrogens with one attached hydrogen (secondary N) is 2. The number of hydrogen-bond acceptors (Lipinski definition) is 3. The predicted molar refractivity (Wildman–Crippen MR) is 93.3 cm³/mol. The molecule has 1 fully saturated rings. The van der Waals surface area contributed by atoms with Gasteiger partial charge in [0.2, 0.25) is 0 Å². The zero-order chi connectivity index (χ0) is 16.9. The van der Waals surface area contributed by atoms with Crippen molar-refractivity contribution in [1.29, 1.82) is 0 Å². The standard InChI is InChI=1S/C18H25N5O/c1-14-11-23(12-15-6-4-3-5-7-15)13-17(14)21-18(24)19-10-16-8-9-20-22(16)2/h3-9,14,17H,10-13H2,1-2H3,(H2,19,21,24)/t14-,17+/m0/s1. The fourth-order valence-corrected chi connectivity index (χ4v) is 3.19. The highest BCUT2D eigenvalue weighted by molar-refractivity contribution is 5.74. The molecule has 6 heteroatoms. The summed E-state index contributed by atoms with van der Waals surface area (Å²) in [6.45, 7) is 5.49. The average molecular weight is 327 g/mol. The van der Waals surface area contributed by atoms with E-state index in [4.69, 9.17) is 0 Å². The van der Waals surface area contributed by atoms with Crippen molar-refractivity contribution in [3.8, 4) is 0 Å². The molecule has 2 aromatic rings. The van der Waals surface area contributed by atoms with E-state index in [1.165, 1.54) is 5.56 Å². The van der Waals surface area contributed by atoms with E-state index in [0.717, 1.165) is 25.3 Å². The fourth-order valence-electron chi connectivity index (χ4n) is 3.19. The van der Waals surface area contributed by atoms with Gasteiger partial charge in [-0.1, -0.05) is 37.3 Å². The normalized spacial score (nSPS) is 20.9. The van der Waals surface area contributed by atoms with Crippen LogP contribution < -0.4 is 10.6 Å². The Morgan fingerprint density at radius 1 is 1.25 bits per heavy atom. The Morgan fingerprint density at radius 3 is 2.75 bits per heavy atom. The Labute approximate surface area is 142 Å². The molecular weight excluding hydrogens is 302 g/mol. The lowest BCUT2D eigenvalue weighted by Gasteiger charge is -2.18. The van der Waals surface area contributed by atoms with E-state index in [9.17, 15) is 4.79 Å². The maximum absolute atomic E-state index is 12.1. The van der Waals surface area contributed by atoms with Crippen LogP contribution in [0.4, 0.5) is 4.79 Å². The zero-order valence-electron chi connectivity index (χ0n) is 14.3. The van der Waals surface area contributed by atoms with Gasteiger partial charge in [0.05, 0.1) is 12.2 Å². The maximum atomic E-state index is 12.1. The average Bonchev–Trinajstić information content (AvgIpc) is 3.12. The first-order valence-corrected chi connectivity index (χ1v) is 8.39. The van der Waals surface area contributed by atoms with E-state index >= 15 is 0 Å². The first kappa shape index (κ1) is 16.5. The van der Waals surface area contributed by atoms with Crippen molar-refractivity contribution in [3.63, 3.8) is 0 Å².